The summed E-state index contributed by atoms with van der Waals surface area (Å²) >= 11 is 0. The van der Waals surface area contributed by atoms with Crippen LogP contribution in [0.3, 0.4) is 0 Å². The summed E-state index contributed by atoms with van der Waals surface area (Å²) in [6, 6.07) is 13.7. The number of nitrogen functional groups attached to an aromatic ring is 1. The van der Waals surface area contributed by atoms with Gasteiger partial charge in [-0.1, -0.05) is 18.2 Å². The average Bonchev–Trinajstić information content (AvgIpc) is 3.02. The van der Waals surface area contributed by atoms with Crippen LogP contribution in [0.4, 0.5) is 5.69 Å². The molecule has 2 heterocycles. The van der Waals surface area contributed by atoms with E-state index in [9.17, 15) is 0 Å². The number of rotatable bonds is 2. The van der Waals surface area contributed by atoms with Gasteiger partial charge in [-0.3, -0.25) is 0 Å². The minimum absolute atomic E-state index is 0.628. The Balaban J connectivity index is 1.74. The van der Waals surface area contributed by atoms with Crippen molar-refractivity contribution in [3.05, 3.63) is 54.1 Å². The Morgan fingerprint density at radius 2 is 1.60 bits per heavy atom. The highest BCUT2D eigenvalue weighted by molar-refractivity contribution is 5.86. The van der Waals surface area contributed by atoms with Crippen LogP contribution in [-0.4, -0.2) is 19.9 Å². The van der Waals surface area contributed by atoms with E-state index in [4.69, 9.17) is 5.73 Å². The van der Waals surface area contributed by atoms with Gasteiger partial charge >= 0.3 is 0 Å². The van der Waals surface area contributed by atoms with Gasteiger partial charge in [0.15, 0.2) is 0 Å². The van der Waals surface area contributed by atoms with E-state index in [0.29, 0.717) is 12.1 Å². The van der Waals surface area contributed by atoms with E-state index in [2.05, 4.69) is 19.9 Å². The molecule has 5 nitrogen and oxygen atoms in total. The molecule has 0 aliphatic heterocycles. The number of aromatic amines is 2. The largest absolute Gasteiger partial charge is 0.397 e. The first-order valence-electron chi connectivity index (χ1n) is 6.46. The molecule has 4 aromatic rings. The minimum Gasteiger partial charge on any atom is -0.397 e. The average molecular weight is 263 g/mol. The van der Waals surface area contributed by atoms with Gasteiger partial charge in [0.2, 0.25) is 0 Å². The molecular formula is C15H13N5. The summed E-state index contributed by atoms with van der Waals surface area (Å²) in [6.07, 6.45) is 0.628. The van der Waals surface area contributed by atoms with Crippen molar-refractivity contribution in [2.45, 2.75) is 6.42 Å². The molecule has 0 aliphatic rings. The van der Waals surface area contributed by atoms with Gasteiger partial charge in [0, 0.05) is 0 Å². The minimum atomic E-state index is 0.628. The second-order valence-corrected chi connectivity index (χ2v) is 4.80. The summed E-state index contributed by atoms with van der Waals surface area (Å²) in [7, 11) is 0. The lowest BCUT2D eigenvalue weighted by molar-refractivity contribution is 0.960. The number of anilines is 1. The molecule has 2 aromatic carbocycles. The molecule has 0 saturated carbocycles. The van der Waals surface area contributed by atoms with E-state index in [0.717, 1.165) is 33.7 Å². The normalized spacial score (nSPS) is 11.4. The third-order valence-electron chi connectivity index (χ3n) is 3.37. The zero-order valence-corrected chi connectivity index (χ0v) is 10.7. The predicted molar refractivity (Wildman–Crippen MR) is 79.4 cm³/mol. The number of H-pyrrole nitrogens is 2. The maximum Gasteiger partial charge on any atom is 0.114 e. The van der Waals surface area contributed by atoms with Crippen molar-refractivity contribution in [1.29, 1.82) is 0 Å². The molecule has 2 aromatic heterocycles. The first-order chi connectivity index (χ1) is 9.79. The number of hydrogen-bond acceptors (Lipinski definition) is 3. The first-order valence-corrected chi connectivity index (χ1v) is 6.46. The lowest BCUT2D eigenvalue weighted by atomic mass is 10.3. The lowest BCUT2D eigenvalue weighted by Gasteiger charge is -1.91. The van der Waals surface area contributed by atoms with Crippen LogP contribution in [0, 0.1) is 0 Å². The van der Waals surface area contributed by atoms with Crippen molar-refractivity contribution in [2.75, 3.05) is 5.73 Å². The van der Waals surface area contributed by atoms with Gasteiger partial charge in [-0.25, -0.2) is 9.97 Å². The van der Waals surface area contributed by atoms with Crippen LogP contribution in [0.2, 0.25) is 0 Å². The number of nitrogens with one attached hydrogen (secondary N) is 2. The molecule has 4 N–H and O–H groups in total. The third kappa shape index (κ3) is 1.72. The Bertz CT molecular complexity index is 870. The van der Waals surface area contributed by atoms with Crippen LogP contribution in [0.5, 0.6) is 0 Å². The van der Waals surface area contributed by atoms with E-state index in [1.165, 1.54) is 0 Å². The molecule has 0 spiro atoms. The Labute approximate surface area is 114 Å². The molecule has 98 valence electrons. The maximum absolute atomic E-state index is 5.92. The monoisotopic (exact) mass is 263 g/mol. The highest BCUT2D eigenvalue weighted by Crippen LogP contribution is 2.19. The van der Waals surface area contributed by atoms with E-state index in [1.54, 1.807) is 0 Å². The van der Waals surface area contributed by atoms with Crippen LogP contribution in [0.25, 0.3) is 22.1 Å². The van der Waals surface area contributed by atoms with Crippen LogP contribution in [-0.2, 0) is 6.42 Å². The summed E-state index contributed by atoms with van der Waals surface area (Å²) in [5, 5.41) is 0. The first kappa shape index (κ1) is 11.0. The lowest BCUT2D eigenvalue weighted by Crippen LogP contribution is -1.92. The van der Waals surface area contributed by atoms with Crippen molar-refractivity contribution >= 4 is 27.8 Å². The molecule has 0 fully saturated rings. The number of nitrogens with zero attached hydrogens (tertiary/aromatic N) is 2. The molecule has 0 aliphatic carbocycles. The second-order valence-electron chi connectivity index (χ2n) is 4.80. The Morgan fingerprint density at radius 1 is 0.850 bits per heavy atom. The maximum atomic E-state index is 5.92. The van der Waals surface area contributed by atoms with Crippen molar-refractivity contribution in [3.8, 4) is 0 Å². The molecule has 4 rings (SSSR count). The van der Waals surface area contributed by atoms with E-state index >= 15 is 0 Å². The Hall–Kier alpha value is -2.82. The van der Waals surface area contributed by atoms with Gasteiger partial charge in [0.1, 0.15) is 17.2 Å². The topological polar surface area (TPSA) is 83.4 Å². The number of hydrogen-bond donors (Lipinski definition) is 3. The summed E-state index contributed by atoms with van der Waals surface area (Å²) in [5.74, 6) is 1.75. The van der Waals surface area contributed by atoms with Crippen LogP contribution in [0.15, 0.2) is 42.5 Å². The van der Waals surface area contributed by atoms with Crippen LogP contribution >= 0.6 is 0 Å². The van der Waals surface area contributed by atoms with Crippen molar-refractivity contribution in [2.24, 2.45) is 0 Å². The fourth-order valence-corrected chi connectivity index (χ4v) is 2.44. The number of aromatic nitrogens is 4. The van der Waals surface area contributed by atoms with Gasteiger partial charge < -0.3 is 15.7 Å². The fraction of sp³-hybridized carbons (Fsp3) is 0.0667. The zero-order valence-electron chi connectivity index (χ0n) is 10.7. The third-order valence-corrected chi connectivity index (χ3v) is 3.37. The molecule has 0 atom stereocenters. The molecular weight excluding hydrogens is 250 g/mol. The smallest absolute Gasteiger partial charge is 0.114 e. The Kier molecular flexibility index (Phi) is 2.26. The quantitative estimate of drug-likeness (QED) is 0.486. The van der Waals surface area contributed by atoms with Gasteiger partial charge in [-0.2, -0.15) is 0 Å². The standard InChI is InChI=1S/C15H13N5/c16-9-4-3-7-12-15(9)20-14(19-12)8-13-17-10-5-1-2-6-11(10)18-13/h1-7H,8,16H2,(H,17,18)(H,19,20). The number of imidazole rings is 2. The van der Waals surface area contributed by atoms with Gasteiger partial charge in [0.05, 0.1) is 28.7 Å². The van der Waals surface area contributed by atoms with Gasteiger partial charge in [0.25, 0.3) is 0 Å². The summed E-state index contributed by atoms with van der Waals surface area (Å²) in [4.78, 5) is 15.7. The van der Waals surface area contributed by atoms with Crippen molar-refractivity contribution < 1.29 is 0 Å². The summed E-state index contributed by atoms with van der Waals surface area (Å²) in [5.41, 5.74) is 10.4. The van der Waals surface area contributed by atoms with Crippen LogP contribution in [0.1, 0.15) is 11.6 Å². The SMILES string of the molecule is Nc1cccc2[nH]c(Cc3nc4ccccc4[nH]3)nc12. The Morgan fingerprint density at radius 3 is 2.45 bits per heavy atom. The molecule has 0 saturated heterocycles. The molecule has 20 heavy (non-hydrogen) atoms. The molecule has 0 unspecified atom stereocenters. The summed E-state index contributed by atoms with van der Waals surface area (Å²) < 4.78 is 0. The highest BCUT2D eigenvalue weighted by atomic mass is 15.0. The molecule has 5 heteroatoms. The van der Waals surface area contributed by atoms with E-state index in [-0.39, 0.29) is 0 Å². The van der Waals surface area contributed by atoms with Crippen molar-refractivity contribution in [1.82, 2.24) is 19.9 Å². The van der Waals surface area contributed by atoms with E-state index < -0.39 is 0 Å². The second kappa shape index (κ2) is 4.09. The molecule has 0 bridgehead atoms. The van der Waals surface area contributed by atoms with E-state index in [1.807, 2.05) is 42.5 Å². The van der Waals surface area contributed by atoms with Gasteiger partial charge in [-0.05, 0) is 24.3 Å². The van der Waals surface area contributed by atoms with Crippen LogP contribution < -0.4 is 5.73 Å². The predicted octanol–water partition coefficient (Wildman–Crippen LogP) is 2.61. The number of benzene rings is 2. The number of fused-ring (bicyclic) bond motifs is 2. The van der Waals surface area contributed by atoms with Crippen molar-refractivity contribution in [3.63, 3.8) is 0 Å². The van der Waals surface area contributed by atoms with Gasteiger partial charge in [-0.15, -0.1) is 0 Å². The zero-order chi connectivity index (χ0) is 13.5. The fourth-order valence-electron chi connectivity index (χ4n) is 2.44. The molecule has 0 radical (unpaired) electrons. The number of nitrogens with two attached hydrogens (primary N) is 1. The molecule has 0 amide bonds. The highest BCUT2D eigenvalue weighted by Gasteiger charge is 2.08. The number of para-hydroxylation sites is 3. The summed E-state index contributed by atoms with van der Waals surface area (Å²) in [6.45, 7) is 0.